The van der Waals surface area contributed by atoms with Crippen LogP contribution in [0, 0.1) is 11.3 Å². The van der Waals surface area contributed by atoms with Gasteiger partial charge in [-0.1, -0.05) is 6.07 Å². The van der Waals surface area contributed by atoms with E-state index in [4.69, 9.17) is 9.90 Å². The van der Waals surface area contributed by atoms with Crippen LogP contribution in [0.25, 0.3) is 11.0 Å². The van der Waals surface area contributed by atoms with E-state index in [1.807, 2.05) is 6.07 Å². The molecule has 5 rings (SSSR count). The molecule has 0 unspecified atom stereocenters. The second-order valence-electron chi connectivity index (χ2n) is 9.44. The Morgan fingerprint density at radius 3 is 2.25 bits per heavy atom. The standard InChI is InChI=1S/C23H17F5N8O.C2HF3O2/c1-10(11-2-5-16(31-9-11)23(26,27)28)36-21-17(15(8-29)35-36)22(37)34-20(33-21)13-4-3-12(13)19-30-7-6-14(32-19)18(24)25;3-2(4,5)1(6)7/h2,5-7,9-10,12-13,18H,3-4H2,1H3,(H,33,34,37);(H,6,7)/t10-,12-,13-;/m0./s1. The maximum absolute atomic E-state index is 13.1. The molecule has 0 spiro atoms. The average Bonchev–Trinajstić information content (AvgIpc) is 3.31. The lowest BCUT2D eigenvalue weighted by molar-refractivity contribution is -0.192. The monoisotopic (exact) mass is 630 g/mol. The molecule has 4 aromatic rings. The third-order valence-corrected chi connectivity index (χ3v) is 6.73. The number of pyridine rings is 1. The number of carboxylic acids is 1. The number of aromatic nitrogens is 7. The molecular formula is C25H18F8N8O3. The lowest BCUT2D eigenvalue weighted by atomic mass is 9.72. The van der Waals surface area contributed by atoms with E-state index in [0.29, 0.717) is 18.4 Å². The zero-order valence-electron chi connectivity index (χ0n) is 22.0. The number of hydrogen-bond donors (Lipinski definition) is 2. The fourth-order valence-corrected chi connectivity index (χ4v) is 4.37. The van der Waals surface area contributed by atoms with E-state index in [1.165, 1.54) is 16.9 Å². The first-order chi connectivity index (χ1) is 20.5. The maximum Gasteiger partial charge on any atom is 0.490 e. The topological polar surface area (TPSA) is 163 Å². The molecule has 0 saturated heterocycles. The Morgan fingerprint density at radius 2 is 1.75 bits per heavy atom. The number of nitrogens with one attached hydrogen (secondary N) is 1. The summed E-state index contributed by atoms with van der Waals surface area (Å²) in [7, 11) is 0. The number of alkyl halides is 8. The minimum absolute atomic E-state index is 0.0650. The van der Waals surface area contributed by atoms with E-state index >= 15 is 0 Å². The van der Waals surface area contributed by atoms with Gasteiger partial charge in [-0.2, -0.15) is 36.7 Å². The highest BCUT2D eigenvalue weighted by Gasteiger charge is 2.39. The summed E-state index contributed by atoms with van der Waals surface area (Å²) in [5.74, 6) is -3.02. The van der Waals surface area contributed by atoms with E-state index in [0.717, 1.165) is 18.3 Å². The number of halogens is 8. The Morgan fingerprint density at radius 1 is 1.09 bits per heavy atom. The van der Waals surface area contributed by atoms with Crippen molar-refractivity contribution in [2.24, 2.45) is 0 Å². The number of aromatic amines is 1. The maximum atomic E-state index is 13.1. The smallest absolute Gasteiger partial charge is 0.475 e. The van der Waals surface area contributed by atoms with Crippen molar-refractivity contribution >= 4 is 17.0 Å². The summed E-state index contributed by atoms with van der Waals surface area (Å²) in [5, 5.41) is 20.8. The Kier molecular flexibility index (Phi) is 8.65. The Labute approximate surface area is 240 Å². The molecule has 4 aromatic heterocycles. The number of fused-ring (bicyclic) bond motifs is 1. The highest BCUT2D eigenvalue weighted by molar-refractivity contribution is 5.80. The average molecular weight is 630 g/mol. The minimum atomic E-state index is -5.08. The van der Waals surface area contributed by atoms with Crippen molar-refractivity contribution in [1.82, 2.24) is 34.7 Å². The quantitative estimate of drug-likeness (QED) is 0.288. The minimum Gasteiger partial charge on any atom is -0.475 e. The molecule has 4 heterocycles. The molecular weight excluding hydrogens is 612 g/mol. The van der Waals surface area contributed by atoms with Crippen molar-refractivity contribution in [1.29, 1.82) is 5.26 Å². The van der Waals surface area contributed by atoms with Gasteiger partial charge in [0.25, 0.3) is 12.0 Å². The molecule has 1 fully saturated rings. The molecule has 3 atom stereocenters. The van der Waals surface area contributed by atoms with E-state index in [1.54, 1.807) is 6.92 Å². The fraction of sp³-hybridized carbons (Fsp3) is 0.360. The summed E-state index contributed by atoms with van der Waals surface area (Å²) in [5.41, 5.74) is -1.85. The number of carbonyl (C=O) groups is 1. The Balaban J connectivity index is 0.000000566. The van der Waals surface area contributed by atoms with E-state index in [2.05, 4.69) is 30.0 Å². The van der Waals surface area contributed by atoms with Gasteiger partial charge in [-0.05, 0) is 37.5 Å². The van der Waals surface area contributed by atoms with Gasteiger partial charge in [-0.15, -0.1) is 0 Å². The van der Waals surface area contributed by atoms with Gasteiger partial charge >= 0.3 is 18.3 Å². The second-order valence-corrected chi connectivity index (χ2v) is 9.44. The summed E-state index contributed by atoms with van der Waals surface area (Å²) in [6.07, 6.45) is -8.96. The number of nitriles is 1. The molecule has 0 amide bonds. The molecule has 2 N–H and O–H groups in total. The van der Waals surface area contributed by atoms with Crippen molar-refractivity contribution in [3.63, 3.8) is 0 Å². The zero-order valence-corrected chi connectivity index (χ0v) is 22.0. The van der Waals surface area contributed by atoms with Gasteiger partial charge in [0.05, 0.1) is 6.04 Å². The van der Waals surface area contributed by atoms with Crippen LogP contribution in [0.5, 0.6) is 0 Å². The summed E-state index contributed by atoms with van der Waals surface area (Å²) in [6.45, 7) is 1.62. The van der Waals surface area contributed by atoms with Crippen LogP contribution in [0.4, 0.5) is 35.1 Å². The van der Waals surface area contributed by atoms with Crippen LogP contribution >= 0.6 is 0 Å². The number of hydrogen-bond acceptors (Lipinski definition) is 8. The van der Waals surface area contributed by atoms with Crippen molar-refractivity contribution in [2.75, 3.05) is 0 Å². The van der Waals surface area contributed by atoms with Crippen LogP contribution in [0.1, 0.15) is 78.4 Å². The van der Waals surface area contributed by atoms with Crippen molar-refractivity contribution in [3.05, 3.63) is 75.2 Å². The van der Waals surface area contributed by atoms with Crippen LogP contribution in [-0.2, 0) is 11.0 Å². The molecule has 232 valence electrons. The van der Waals surface area contributed by atoms with Gasteiger partial charge in [0, 0.05) is 24.2 Å². The number of H-pyrrole nitrogens is 1. The van der Waals surface area contributed by atoms with Crippen LogP contribution in [0.3, 0.4) is 0 Å². The van der Waals surface area contributed by atoms with Gasteiger partial charge in [0.15, 0.2) is 11.3 Å². The largest absolute Gasteiger partial charge is 0.490 e. The van der Waals surface area contributed by atoms with Crippen molar-refractivity contribution in [2.45, 2.75) is 56.4 Å². The van der Waals surface area contributed by atoms with E-state index < -0.39 is 47.7 Å². The van der Waals surface area contributed by atoms with Crippen molar-refractivity contribution < 1.29 is 45.0 Å². The van der Waals surface area contributed by atoms with Crippen LogP contribution < -0.4 is 5.56 Å². The molecule has 1 saturated carbocycles. The van der Waals surface area contributed by atoms with Crippen LogP contribution in [-0.4, -0.2) is 52.0 Å². The summed E-state index contributed by atoms with van der Waals surface area (Å²) in [6, 6.07) is 4.34. The predicted octanol–water partition coefficient (Wildman–Crippen LogP) is 5.04. The molecule has 0 aromatic carbocycles. The normalized spacial score (nSPS) is 17.4. The molecule has 11 nitrogen and oxygen atoms in total. The highest BCUT2D eigenvalue weighted by atomic mass is 19.4. The molecule has 1 aliphatic rings. The predicted molar refractivity (Wildman–Crippen MR) is 131 cm³/mol. The van der Waals surface area contributed by atoms with Gasteiger partial charge < -0.3 is 10.1 Å². The Hall–Kier alpha value is -5.02. The second kappa shape index (κ2) is 11.9. The summed E-state index contributed by atoms with van der Waals surface area (Å²) in [4.78, 5) is 40.6. The third kappa shape index (κ3) is 6.48. The number of rotatable bonds is 5. The summed E-state index contributed by atoms with van der Waals surface area (Å²) >= 11 is 0. The van der Waals surface area contributed by atoms with Crippen LogP contribution in [0.2, 0.25) is 0 Å². The molecule has 0 bridgehead atoms. The van der Waals surface area contributed by atoms with E-state index in [-0.39, 0.29) is 40.2 Å². The SMILES string of the molecule is C[C@@H](c1ccc(C(F)(F)F)nc1)n1nc(C#N)c2c(=O)[nH]c([C@H]3CC[C@@H]3c3nccc(C(F)F)n3)nc21.O=C(O)C(F)(F)F. The lowest BCUT2D eigenvalue weighted by Crippen LogP contribution is -2.28. The molecule has 0 aliphatic heterocycles. The van der Waals surface area contributed by atoms with Gasteiger partial charge in [0.2, 0.25) is 0 Å². The molecule has 1 aliphatic carbocycles. The van der Waals surface area contributed by atoms with E-state index in [9.17, 15) is 45.2 Å². The third-order valence-electron chi connectivity index (χ3n) is 6.73. The molecule has 19 heteroatoms. The summed E-state index contributed by atoms with van der Waals surface area (Å²) < 4.78 is 98.0. The zero-order chi connectivity index (χ0) is 32.6. The van der Waals surface area contributed by atoms with Crippen molar-refractivity contribution in [3.8, 4) is 6.07 Å². The first kappa shape index (κ1) is 31.9. The number of aliphatic carboxylic acids is 1. The van der Waals surface area contributed by atoms with Gasteiger partial charge in [-0.25, -0.2) is 33.2 Å². The Bertz CT molecular complexity index is 1780. The first-order valence-corrected chi connectivity index (χ1v) is 12.4. The van der Waals surface area contributed by atoms with Gasteiger partial charge in [-0.3, -0.25) is 9.78 Å². The van der Waals surface area contributed by atoms with Crippen LogP contribution in [0.15, 0.2) is 35.4 Å². The number of nitrogens with zero attached hydrogens (tertiary/aromatic N) is 7. The molecule has 0 radical (unpaired) electrons. The highest BCUT2D eigenvalue weighted by Crippen LogP contribution is 2.47. The number of carboxylic acid groups (broad SMARTS) is 1. The lowest BCUT2D eigenvalue weighted by Gasteiger charge is -2.34. The van der Waals surface area contributed by atoms with Gasteiger partial charge in [0.1, 0.15) is 34.5 Å². The fourth-order valence-electron chi connectivity index (χ4n) is 4.37. The molecule has 44 heavy (non-hydrogen) atoms. The first-order valence-electron chi connectivity index (χ1n) is 12.4.